The maximum atomic E-state index is 13.9. The number of carbonyl (C=O) groups excluding carboxylic acids is 2. The standard InChI is InChI=1S/C33H31F3N2O5/c1-18-29(32(40)38-23-10-5-6-11-26(23)41-2)30(20-8-7-9-22(14-20)33(34,35)36)31-24(37-18)15-21(16-25(31)39)19-12-13-27(42-3)28(17-19)43-4/h5-14,17,21,30,37H,15-16H2,1-4H3,(H,38,40)/t21-,30-/m1/s1. The molecular formula is C33H31F3N2O5. The average molecular weight is 593 g/mol. The molecule has 2 atom stereocenters. The number of amides is 1. The van der Waals surface area contributed by atoms with Crippen molar-refractivity contribution in [3.05, 3.63) is 106 Å². The maximum Gasteiger partial charge on any atom is 0.416 e. The number of Topliss-reactive ketones (excluding diaryl/α,β-unsaturated/α-hetero) is 1. The molecule has 1 heterocycles. The Labute approximate surface area is 247 Å². The SMILES string of the molecule is COc1ccccc1NC(=O)C1=C(C)NC2=C(C(=O)C[C@H](c3ccc(OC)c(OC)c3)C2)[C@@H]1c1cccc(C(F)(F)F)c1. The molecule has 0 fully saturated rings. The molecule has 0 bridgehead atoms. The Bertz CT molecular complexity index is 1640. The van der Waals surface area contributed by atoms with Gasteiger partial charge in [0.1, 0.15) is 5.75 Å². The zero-order chi connectivity index (χ0) is 30.9. The number of halogens is 3. The van der Waals surface area contributed by atoms with Crippen LogP contribution in [0.15, 0.2) is 89.3 Å². The smallest absolute Gasteiger partial charge is 0.416 e. The number of hydrogen-bond donors (Lipinski definition) is 2. The van der Waals surface area contributed by atoms with Gasteiger partial charge in [-0.1, -0.05) is 36.4 Å². The van der Waals surface area contributed by atoms with Crippen LogP contribution in [0.5, 0.6) is 17.2 Å². The van der Waals surface area contributed by atoms with Crippen LogP contribution in [-0.4, -0.2) is 33.0 Å². The maximum absolute atomic E-state index is 13.9. The van der Waals surface area contributed by atoms with E-state index < -0.39 is 23.6 Å². The summed E-state index contributed by atoms with van der Waals surface area (Å²) >= 11 is 0. The van der Waals surface area contributed by atoms with Crippen LogP contribution in [0.1, 0.15) is 48.3 Å². The number of nitrogens with one attached hydrogen (secondary N) is 2. The summed E-state index contributed by atoms with van der Waals surface area (Å²) in [7, 11) is 4.54. The van der Waals surface area contributed by atoms with E-state index in [0.29, 0.717) is 40.8 Å². The summed E-state index contributed by atoms with van der Waals surface area (Å²) in [5.41, 5.74) is 2.04. The first-order valence-electron chi connectivity index (χ1n) is 13.6. The van der Waals surface area contributed by atoms with Gasteiger partial charge in [-0.15, -0.1) is 0 Å². The van der Waals surface area contributed by atoms with Gasteiger partial charge in [0.25, 0.3) is 5.91 Å². The summed E-state index contributed by atoms with van der Waals surface area (Å²) in [4.78, 5) is 27.8. The number of anilines is 1. The highest BCUT2D eigenvalue weighted by Gasteiger charge is 2.42. The van der Waals surface area contributed by atoms with Gasteiger partial charge in [-0.3, -0.25) is 9.59 Å². The van der Waals surface area contributed by atoms with Crippen LogP contribution in [0.2, 0.25) is 0 Å². The van der Waals surface area contributed by atoms with Crippen molar-refractivity contribution in [1.29, 1.82) is 0 Å². The summed E-state index contributed by atoms with van der Waals surface area (Å²) in [6, 6.07) is 17.1. The monoisotopic (exact) mass is 592 g/mol. The van der Waals surface area contributed by atoms with Gasteiger partial charge in [0, 0.05) is 34.9 Å². The zero-order valence-corrected chi connectivity index (χ0v) is 24.1. The molecular weight excluding hydrogens is 561 g/mol. The van der Waals surface area contributed by atoms with E-state index >= 15 is 0 Å². The Hall–Kier alpha value is -4.73. The normalized spacial score (nSPS) is 18.5. The van der Waals surface area contributed by atoms with E-state index in [1.807, 2.05) is 12.1 Å². The Balaban J connectivity index is 1.59. The highest BCUT2D eigenvalue weighted by atomic mass is 19.4. The van der Waals surface area contributed by atoms with E-state index in [2.05, 4.69) is 10.6 Å². The number of carbonyl (C=O) groups is 2. The molecule has 0 saturated carbocycles. The molecule has 1 amide bonds. The van der Waals surface area contributed by atoms with E-state index in [1.165, 1.54) is 33.5 Å². The van der Waals surface area contributed by atoms with Crippen LogP contribution in [0.3, 0.4) is 0 Å². The van der Waals surface area contributed by atoms with Gasteiger partial charge < -0.3 is 24.8 Å². The number of hydrogen-bond acceptors (Lipinski definition) is 6. The molecule has 3 aromatic carbocycles. The first kappa shape index (κ1) is 29.8. The van der Waals surface area contributed by atoms with Crippen LogP contribution in [0, 0.1) is 0 Å². The molecule has 7 nitrogen and oxygen atoms in total. The van der Waals surface area contributed by atoms with Crippen LogP contribution < -0.4 is 24.8 Å². The second kappa shape index (κ2) is 11.9. The number of dihydropyridines is 1. The number of rotatable bonds is 7. The minimum atomic E-state index is -4.60. The highest BCUT2D eigenvalue weighted by Crippen LogP contribution is 2.47. The Morgan fingerprint density at radius 2 is 1.58 bits per heavy atom. The predicted octanol–water partition coefficient (Wildman–Crippen LogP) is 6.73. The molecule has 1 aliphatic heterocycles. The van der Waals surface area contributed by atoms with Crippen molar-refractivity contribution in [3.8, 4) is 17.2 Å². The lowest BCUT2D eigenvalue weighted by Crippen LogP contribution is -2.37. The third kappa shape index (κ3) is 5.82. The zero-order valence-electron chi connectivity index (χ0n) is 24.1. The first-order valence-corrected chi connectivity index (χ1v) is 13.6. The molecule has 1 aliphatic carbocycles. The van der Waals surface area contributed by atoms with Gasteiger partial charge in [0.05, 0.1) is 32.6 Å². The van der Waals surface area contributed by atoms with Crippen molar-refractivity contribution in [1.82, 2.24) is 5.32 Å². The minimum Gasteiger partial charge on any atom is -0.495 e. The topological polar surface area (TPSA) is 85.9 Å². The Kier molecular flexibility index (Phi) is 8.21. The Morgan fingerprint density at radius 3 is 2.28 bits per heavy atom. The molecule has 0 saturated heterocycles. The van der Waals surface area contributed by atoms with Gasteiger partial charge >= 0.3 is 6.18 Å². The second-order valence-corrected chi connectivity index (χ2v) is 10.4. The quantitative estimate of drug-likeness (QED) is 0.317. The lowest BCUT2D eigenvalue weighted by molar-refractivity contribution is -0.137. The molecule has 0 aromatic heterocycles. The molecule has 10 heteroatoms. The summed E-state index contributed by atoms with van der Waals surface area (Å²) < 4.78 is 57.5. The fourth-order valence-electron chi connectivity index (χ4n) is 5.85. The van der Waals surface area contributed by atoms with E-state index in [4.69, 9.17) is 14.2 Å². The summed E-state index contributed by atoms with van der Waals surface area (Å²) in [6.07, 6.45) is -4.09. The number of ether oxygens (including phenoxy) is 3. The number of methoxy groups -OCH3 is 3. The number of para-hydroxylation sites is 2. The minimum absolute atomic E-state index is 0.103. The molecule has 224 valence electrons. The van der Waals surface area contributed by atoms with Crippen LogP contribution in [0.4, 0.5) is 18.9 Å². The third-order valence-electron chi connectivity index (χ3n) is 7.85. The van der Waals surface area contributed by atoms with Gasteiger partial charge in [-0.25, -0.2) is 0 Å². The fraction of sp³-hybridized carbons (Fsp3) is 0.273. The predicted molar refractivity (Wildman–Crippen MR) is 155 cm³/mol. The lowest BCUT2D eigenvalue weighted by atomic mass is 9.71. The molecule has 0 unspecified atom stereocenters. The first-order chi connectivity index (χ1) is 20.5. The lowest BCUT2D eigenvalue weighted by Gasteiger charge is -2.37. The van der Waals surface area contributed by atoms with Crippen LogP contribution in [0.25, 0.3) is 0 Å². The summed E-state index contributed by atoms with van der Waals surface area (Å²) in [6.45, 7) is 1.69. The molecule has 3 aromatic rings. The largest absolute Gasteiger partial charge is 0.495 e. The fourth-order valence-corrected chi connectivity index (χ4v) is 5.85. The molecule has 2 aliphatic rings. The molecule has 0 spiro atoms. The number of alkyl halides is 3. The van der Waals surface area contributed by atoms with Gasteiger partial charge in [0.15, 0.2) is 17.3 Å². The third-order valence-corrected chi connectivity index (χ3v) is 7.85. The van der Waals surface area contributed by atoms with Gasteiger partial charge in [0.2, 0.25) is 0 Å². The van der Waals surface area contributed by atoms with E-state index in [9.17, 15) is 22.8 Å². The van der Waals surface area contributed by atoms with E-state index in [1.54, 1.807) is 37.3 Å². The van der Waals surface area contributed by atoms with Crippen molar-refractivity contribution in [2.24, 2.45) is 0 Å². The number of allylic oxidation sites excluding steroid dienone is 3. The molecule has 43 heavy (non-hydrogen) atoms. The van der Waals surface area contributed by atoms with E-state index in [0.717, 1.165) is 17.7 Å². The molecule has 5 rings (SSSR count). The van der Waals surface area contributed by atoms with Crippen LogP contribution in [-0.2, 0) is 15.8 Å². The Morgan fingerprint density at radius 1 is 0.860 bits per heavy atom. The van der Waals surface area contributed by atoms with Crippen molar-refractivity contribution < 1.29 is 37.0 Å². The average Bonchev–Trinajstić information content (AvgIpc) is 2.99. The van der Waals surface area contributed by atoms with E-state index in [-0.39, 0.29) is 34.8 Å². The number of benzene rings is 3. The van der Waals surface area contributed by atoms with Crippen molar-refractivity contribution in [3.63, 3.8) is 0 Å². The van der Waals surface area contributed by atoms with Crippen molar-refractivity contribution in [2.45, 2.75) is 37.8 Å². The highest BCUT2D eigenvalue weighted by molar-refractivity contribution is 6.10. The van der Waals surface area contributed by atoms with Crippen molar-refractivity contribution in [2.75, 3.05) is 26.6 Å². The molecule has 2 N–H and O–H groups in total. The summed E-state index contributed by atoms with van der Waals surface area (Å²) in [5, 5.41) is 6.09. The van der Waals surface area contributed by atoms with Gasteiger partial charge in [-0.05, 0) is 60.7 Å². The van der Waals surface area contributed by atoms with Gasteiger partial charge in [-0.2, -0.15) is 13.2 Å². The summed E-state index contributed by atoms with van der Waals surface area (Å²) in [5.74, 6) is -0.566. The second-order valence-electron chi connectivity index (χ2n) is 10.4. The number of ketones is 1. The van der Waals surface area contributed by atoms with Crippen LogP contribution >= 0.6 is 0 Å². The molecule has 0 radical (unpaired) electrons. The van der Waals surface area contributed by atoms with Crippen molar-refractivity contribution >= 4 is 17.4 Å².